The van der Waals surface area contributed by atoms with Gasteiger partial charge in [-0.2, -0.15) is 0 Å². The van der Waals surface area contributed by atoms with E-state index in [1.165, 1.54) is 44.6 Å². The highest BCUT2D eigenvalue weighted by Gasteiger charge is 2.36. The van der Waals surface area contributed by atoms with Crippen molar-refractivity contribution in [3.63, 3.8) is 0 Å². The van der Waals surface area contributed by atoms with Crippen LogP contribution in [0.25, 0.3) is 0 Å². The number of likely N-dealkylation sites (tertiary alicyclic amines) is 1. The molecule has 2 heterocycles. The van der Waals surface area contributed by atoms with Gasteiger partial charge in [-0.1, -0.05) is 25.1 Å². The Hall–Kier alpha value is -1.19. The molecule has 0 spiro atoms. The average Bonchev–Trinajstić information content (AvgIpc) is 3.18. The van der Waals surface area contributed by atoms with Crippen LogP contribution in [0.1, 0.15) is 31.9 Å². The number of pyridine rings is 1. The third-order valence-corrected chi connectivity index (χ3v) is 6.16. The Kier molecular flexibility index (Phi) is 4.50. The van der Waals surface area contributed by atoms with Crippen molar-refractivity contribution in [2.24, 2.45) is 23.7 Å². The van der Waals surface area contributed by atoms with Crippen LogP contribution in [0.3, 0.4) is 0 Å². The number of fused-ring (bicyclic) bond motifs is 2. The minimum atomic E-state index is 0.693. The summed E-state index contributed by atoms with van der Waals surface area (Å²) in [5.74, 6) is 3.38. The topological polar surface area (TPSA) is 28.2 Å². The molecule has 0 radical (unpaired) electrons. The van der Waals surface area contributed by atoms with Crippen molar-refractivity contribution < 1.29 is 0 Å². The monoisotopic (exact) mass is 311 g/mol. The first-order valence-electron chi connectivity index (χ1n) is 9.32. The first-order valence-corrected chi connectivity index (χ1v) is 9.32. The summed E-state index contributed by atoms with van der Waals surface area (Å²) in [5.41, 5.74) is 1.19. The van der Waals surface area contributed by atoms with Crippen molar-refractivity contribution in [2.45, 2.75) is 38.8 Å². The Balaban J connectivity index is 1.24. The minimum Gasteiger partial charge on any atom is -0.313 e. The Morgan fingerprint density at radius 3 is 2.91 bits per heavy atom. The van der Waals surface area contributed by atoms with E-state index >= 15 is 0 Å². The quantitative estimate of drug-likeness (QED) is 0.847. The second-order valence-electron chi connectivity index (χ2n) is 7.88. The minimum absolute atomic E-state index is 0.693. The summed E-state index contributed by atoms with van der Waals surface area (Å²) in [5, 5.41) is 3.91. The van der Waals surface area contributed by atoms with Gasteiger partial charge in [0.1, 0.15) is 0 Å². The van der Waals surface area contributed by atoms with Crippen LogP contribution in [0, 0.1) is 23.7 Å². The summed E-state index contributed by atoms with van der Waals surface area (Å²) in [6.45, 7) is 7.00. The highest BCUT2D eigenvalue weighted by atomic mass is 15.2. The van der Waals surface area contributed by atoms with E-state index in [1.54, 1.807) is 0 Å². The highest BCUT2D eigenvalue weighted by molar-refractivity contribution is 5.10. The van der Waals surface area contributed by atoms with Crippen LogP contribution in [-0.4, -0.2) is 35.6 Å². The van der Waals surface area contributed by atoms with Gasteiger partial charge in [0.05, 0.1) is 5.69 Å². The van der Waals surface area contributed by atoms with E-state index in [2.05, 4.69) is 46.4 Å². The zero-order valence-corrected chi connectivity index (χ0v) is 14.2. The second kappa shape index (κ2) is 6.74. The summed E-state index contributed by atoms with van der Waals surface area (Å²) in [7, 11) is 0. The standard InChI is InChI=1S/C20H29N3/c1-15-13-23(14-19-4-2-3-8-21-19)9-7-20(15)22-12-18-11-16-5-6-17(18)10-16/h2-6,8,15-18,20,22H,7,9-14H2,1H3/t15-,16+,17+,18-,20-/m1/s1. The molecular formula is C20H29N3. The molecule has 2 aliphatic carbocycles. The Morgan fingerprint density at radius 1 is 1.26 bits per heavy atom. The number of aromatic nitrogens is 1. The zero-order valence-electron chi connectivity index (χ0n) is 14.2. The highest BCUT2D eigenvalue weighted by Crippen LogP contribution is 2.43. The molecule has 1 saturated carbocycles. The van der Waals surface area contributed by atoms with Gasteiger partial charge in [-0.05, 0) is 61.6 Å². The largest absolute Gasteiger partial charge is 0.313 e. The van der Waals surface area contributed by atoms with E-state index in [4.69, 9.17) is 0 Å². The predicted molar refractivity (Wildman–Crippen MR) is 93.9 cm³/mol. The van der Waals surface area contributed by atoms with E-state index < -0.39 is 0 Å². The lowest BCUT2D eigenvalue weighted by Gasteiger charge is -2.38. The molecule has 3 aliphatic rings. The van der Waals surface area contributed by atoms with Gasteiger partial charge in [-0.3, -0.25) is 9.88 Å². The number of piperidine rings is 1. The van der Waals surface area contributed by atoms with Crippen molar-refractivity contribution in [1.82, 2.24) is 15.2 Å². The number of hydrogen-bond donors (Lipinski definition) is 1. The maximum Gasteiger partial charge on any atom is 0.0543 e. The molecule has 4 rings (SSSR count). The van der Waals surface area contributed by atoms with Crippen LogP contribution < -0.4 is 5.32 Å². The second-order valence-corrected chi connectivity index (χ2v) is 7.88. The lowest BCUT2D eigenvalue weighted by Crippen LogP contribution is -2.49. The van der Waals surface area contributed by atoms with Crippen LogP contribution in [-0.2, 0) is 6.54 Å². The van der Waals surface area contributed by atoms with Crippen molar-refractivity contribution in [1.29, 1.82) is 0 Å². The fourth-order valence-electron chi connectivity index (χ4n) is 4.83. The summed E-state index contributed by atoms with van der Waals surface area (Å²) >= 11 is 0. The number of hydrogen-bond acceptors (Lipinski definition) is 3. The van der Waals surface area contributed by atoms with Crippen LogP contribution in [0.4, 0.5) is 0 Å². The van der Waals surface area contributed by atoms with Crippen molar-refractivity contribution in [2.75, 3.05) is 19.6 Å². The molecule has 0 unspecified atom stereocenters. The number of allylic oxidation sites excluding steroid dienone is 2. The van der Waals surface area contributed by atoms with Crippen molar-refractivity contribution >= 4 is 0 Å². The molecule has 1 aromatic rings. The molecule has 2 fully saturated rings. The molecule has 124 valence electrons. The van der Waals surface area contributed by atoms with Gasteiger partial charge in [-0.25, -0.2) is 0 Å². The summed E-state index contributed by atoms with van der Waals surface area (Å²) < 4.78 is 0. The van der Waals surface area contributed by atoms with Crippen LogP contribution in [0.15, 0.2) is 36.5 Å². The number of nitrogens with zero attached hydrogens (tertiary/aromatic N) is 2. The fourth-order valence-corrected chi connectivity index (χ4v) is 4.83. The van der Waals surface area contributed by atoms with Crippen LogP contribution >= 0.6 is 0 Å². The third-order valence-electron chi connectivity index (χ3n) is 6.16. The number of nitrogens with one attached hydrogen (secondary N) is 1. The van der Waals surface area contributed by atoms with E-state index in [1.807, 2.05) is 12.3 Å². The normalized spacial score (nSPS) is 36.7. The summed E-state index contributed by atoms with van der Waals surface area (Å²) in [4.78, 5) is 7.02. The molecular weight excluding hydrogens is 282 g/mol. The molecule has 1 aromatic heterocycles. The van der Waals surface area contributed by atoms with E-state index in [0.29, 0.717) is 6.04 Å². The molecule has 3 heteroatoms. The lowest BCUT2D eigenvalue weighted by atomic mass is 9.90. The Labute approximate surface area is 140 Å². The molecule has 1 aliphatic heterocycles. The molecule has 2 bridgehead atoms. The van der Waals surface area contributed by atoms with Gasteiger partial charge in [0.2, 0.25) is 0 Å². The first kappa shape index (κ1) is 15.3. The molecule has 5 atom stereocenters. The van der Waals surface area contributed by atoms with Crippen LogP contribution in [0.5, 0.6) is 0 Å². The molecule has 1 N–H and O–H groups in total. The summed E-state index contributed by atoms with van der Waals surface area (Å²) in [6, 6.07) is 6.91. The molecule has 3 nitrogen and oxygen atoms in total. The zero-order chi connectivity index (χ0) is 15.6. The number of rotatable bonds is 5. The molecule has 0 aromatic carbocycles. The molecule has 0 amide bonds. The van der Waals surface area contributed by atoms with Gasteiger partial charge in [0.15, 0.2) is 0 Å². The van der Waals surface area contributed by atoms with Crippen molar-refractivity contribution in [3.8, 4) is 0 Å². The molecule has 23 heavy (non-hydrogen) atoms. The molecule has 1 saturated heterocycles. The van der Waals surface area contributed by atoms with E-state index in [0.717, 1.165) is 30.2 Å². The average molecular weight is 311 g/mol. The maximum absolute atomic E-state index is 4.46. The van der Waals surface area contributed by atoms with E-state index in [9.17, 15) is 0 Å². The van der Waals surface area contributed by atoms with Gasteiger partial charge in [0, 0.05) is 31.9 Å². The lowest BCUT2D eigenvalue weighted by molar-refractivity contribution is 0.136. The Morgan fingerprint density at radius 2 is 2.22 bits per heavy atom. The predicted octanol–water partition coefficient (Wildman–Crippen LogP) is 3.09. The van der Waals surface area contributed by atoms with Gasteiger partial charge in [0.25, 0.3) is 0 Å². The van der Waals surface area contributed by atoms with Gasteiger partial charge < -0.3 is 5.32 Å². The smallest absolute Gasteiger partial charge is 0.0543 e. The Bertz CT molecular complexity index is 541. The van der Waals surface area contributed by atoms with Gasteiger partial charge in [-0.15, -0.1) is 0 Å². The first-order chi connectivity index (χ1) is 11.3. The van der Waals surface area contributed by atoms with Crippen LogP contribution in [0.2, 0.25) is 0 Å². The third kappa shape index (κ3) is 3.51. The fraction of sp³-hybridized carbons (Fsp3) is 0.650. The van der Waals surface area contributed by atoms with Gasteiger partial charge >= 0.3 is 0 Å². The summed E-state index contributed by atoms with van der Waals surface area (Å²) in [6.07, 6.45) is 10.9. The van der Waals surface area contributed by atoms with E-state index in [-0.39, 0.29) is 0 Å². The van der Waals surface area contributed by atoms with Crippen molar-refractivity contribution in [3.05, 3.63) is 42.2 Å². The maximum atomic E-state index is 4.46. The SMILES string of the molecule is C[C@@H]1CN(Cc2ccccn2)CC[C@H]1NC[C@H]1C[C@H]2C=C[C@H]1C2.